The largest absolute Gasteiger partial charge is 0.387 e. The van der Waals surface area contributed by atoms with Gasteiger partial charge in [-0.2, -0.15) is 5.26 Å². The molecule has 0 saturated heterocycles. The van der Waals surface area contributed by atoms with E-state index in [9.17, 15) is 10.1 Å². The van der Waals surface area contributed by atoms with Crippen molar-refractivity contribution in [3.63, 3.8) is 0 Å². The van der Waals surface area contributed by atoms with Crippen molar-refractivity contribution in [3.05, 3.63) is 41.6 Å². The molecule has 0 aromatic heterocycles. The van der Waals surface area contributed by atoms with Gasteiger partial charge in [0.1, 0.15) is 11.6 Å². The molecule has 1 aliphatic carbocycles. The van der Waals surface area contributed by atoms with Crippen molar-refractivity contribution >= 4 is 11.6 Å². The molecule has 0 aliphatic heterocycles. The zero-order chi connectivity index (χ0) is 17.4. The van der Waals surface area contributed by atoms with Crippen LogP contribution in [-0.4, -0.2) is 11.9 Å². The minimum atomic E-state index is -0.365. The molecule has 4 nitrogen and oxygen atoms in total. The first-order chi connectivity index (χ1) is 11.6. The van der Waals surface area contributed by atoms with Gasteiger partial charge in [0.2, 0.25) is 0 Å². The van der Waals surface area contributed by atoms with Gasteiger partial charge in [-0.3, -0.25) is 4.79 Å². The lowest BCUT2D eigenvalue weighted by Crippen LogP contribution is -2.25. The van der Waals surface area contributed by atoms with E-state index in [1.54, 1.807) is 6.20 Å². The van der Waals surface area contributed by atoms with E-state index in [4.69, 9.17) is 0 Å². The number of nitriles is 1. The summed E-state index contributed by atoms with van der Waals surface area (Å²) in [4.78, 5) is 12.3. The van der Waals surface area contributed by atoms with Gasteiger partial charge in [-0.1, -0.05) is 51.7 Å². The fraction of sp³-hybridized carbons (Fsp3) is 0.500. The summed E-state index contributed by atoms with van der Waals surface area (Å²) in [5.41, 5.74) is 2.05. The molecule has 1 amide bonds. The van der Waals surface area contributed by atoms with Gasteiger partial charge >= 0.3 is 0 Å². The summed E-state index contributed by atoms with van der Waals surface area (Å²) in [6, 6.07) is 10.1. The second kappa shape index (κ2) is 9.12. The maximum absolute atomic E-state index is 12.3. The third-order valence-corrected chi connectivity index (χ3v) is 4.52. The summed E-state index contributed by atoms with van der Waals surface area (Å²) in [6.07, 6.45) is 8.76. The van der Waals surface area contributed by atoms with Crippen LogP contribution in [0.15, 0.2) is 36.0 Å². The van der Waals surface area contributed by atoms with Crippen LogP contribution >= 0.6 is 0 Å². The Morgan fingerprint density at radius 3 is 2.33 bits per heavy atom. The average molecular weight is 325 g/mol. The van der Waals surface area contributed by atoms with Crippen LogP contribution in [0, 0.1) is 11.3 Å². The van der Waals surface area contributed by atoms with E-state index in [1.165, 1.54) is 31.2 Å². The minimum Gasteiger partial charge on any atom is -0.387 e. The number of carbonyl (C=O) groups is 1. The molecule has 0 unspecified atom stereocenters. The second-order valence-corrected chi connectivity index (χ2v) is 6.76. The lowest BCUT2D eigenvalue weighted by Gasteiger charge is -2.14. The van der Waals surface area contributed by atoms with Gasteiger partial charge < -0.3 is 10.6 Å². The van der Waals surface area contributed by atoms with E-state index in [1.807, 2.05) is 30.3 Å². The van der Waals surface area contributed by atoms with Crippen molar-refractivity contribution < 1.29 is 4.79 Å². The third-order valence-electron chi connectivity index (χ3n) is 4.52. The van der Waals surface area contributed by atoms with Crippen molar-refractivity contribution in [3.8, 4) is 6.07 Å². The normalized spacial score (nSPS) is 16.3. The van der Waals surface area contributed by atoms with Crippen molar-refractivity contribution in [1.82, 2.24) is 5.32 Å². The molecule has 2 rings (SSSR count). The Hall–Kier alpha value is -2.28. The number of benzene rings is 1. The van der Waals surface area contributed by atoms with E-state index in [2.05, 4.69) is 24.5 Å². The van der Waals surface area contributed by atoms with Gasteiger partial charge in [-0.25, -0.2) is 0 Å². The number of nitrogens with one attached hydrogen (secondary N) is 2. The Morgan fingerprint density at radius 2 is 1.79 bits per heavy atom. The predicted octanol–water partition coefficient (Wildman–Crippen LogP) is 4.47. The van der Waals surface area contributed by atoms with Crippen molar-refractivity contribution in [2.45, 2.75) is 64.3 Å². The van der Waals surface area contributed by atoms with Gasteiger partial charge in [0.15, 0.2) is 0 Å². The highest BCUT2D eigenvalue weighted by Gasteiger charge is 2.13. The lowest BCUT2D eigenvalue weighted by atomic mass is 10.0. The zero-order valence-electron chi connectivity index (χ0n) is 14.6. The maximum Gasteiger partial charge on any atom is 0.267 e. The molecule has 1 aromatic carbocycles. The zero-order valence-corrected chi connectivity index (χ0v) is 14.6. The Labute approximate surface area is 144 Å². The quantitative estimate of drug-likeness (QED) is 0.477. The predicted molar refractivity (Wildman–Crippen MR) is 97.5 cm³/mol. The number of amides is 1. The molecular formula is C20H27N3O. The fourth-order valence-electron chi connectivity index (χ4n) is 2.95. The SMILES string of the molecule is CC(C)c1ccc(NC(=O)/C(C#N)=C\NC2CCCCCC2)cc1. The molecule has 1 fully saturated rings. The molecule has 0 heterocycles. The molecule has 0 spiro atoms. The molecule has 24 heavy (non-hydrogen) atoms. The molecule has 0 atom stereocenters. The van der Waals surface area contributed by atoms with Crippen LogP contribution in [-0.2, 0) is 4.79 Å². The topological polar surface area (TPSA) is 64.9 Å². The van der Waals surface area contributed by atoms with Crippen LogP contribution in [0.5, 0.6) is 0 Å². The Kier molecular flexibility index (Phi) is 6.87. The Balaban J connectivity index is 1.95. The van der Waals surface area contributed by atoms with Gasteiger partial charge in [-0.15, -0.1) is 0 Å². The lowest BCUT2D eigenvalue weighted by molar-refractivity contribution is -0.112. The molecule has 1 saturated carbocycles. The first-order valence-corrected chi connectivity index (χ1v) is 8.87. The highest BCUT2D eigenvalue weighted by Crippen LogP contribution is 2.18. The first kappa shape index (κ1) is 18.1. The summed E-state index contributed by atoms with van der Waals surface area (Å²) in [6.45, 7) is 4.26. The molecule has 128 valence electrons. The maximum atomic E-state index is 12.3. The van der Waals surface area contributed by atoms with Crippen LogP contribution < -0.4 is 10.6 Å². The highest BCUT2D eigenvalue weighted by atomic mass is 16.1. The van der Waals surface area contributed by atoms with Crippen LogP contribution in [0.4, 0.5) is 5.69 Å². The molecule has 4 heteroatoms. The standard InChI is InChI=1S/C20H27N3O/c1-15(2)16-9-11-19(12-10-16)23-20(24)17(13-21)14-22-18-7-5-3-4-6-8-18/h9-12,14-15,18,22H,3-8H2,1-2H3,(H,23,24)/b17-14-. The Morgan fingerprint density at radius 1 is 1.17 bits per heavy atom. The van der Waals surface area contributed by atoms with E-state index in [-0.39, 0.29) is 11.5 Å². The fourth-order valence-corrected chi connectivity index (χ4v) is 2.95. The summed E-state index contributed by atoms with van der Waals surface area (Å²) in [5.74, 6) is 0.0870. The third kappa shape index (κ3) is 5.42. The van der Waals surface area contributed by atoms with E-state index in [0.29, 0.717) is 17.6 Å². The summed E-state index contributed by atoms with van der Waals surface area (Å²) in [5, 5.41) is 15.3. The van der Waals surface area contributed by atoms with Crippen molar-refractivity contribution in [2.24, 2.45) is 0 Å². The van der Waals surface area contributed by atoms with Crippen LogP contribution in [0.2, 0.25) is 0 Å². The molecular weight excluding hydrogens is 298 g/mol. The van der Waals surface area contributed by atoms with Crippen LogP contribution in [0.1, 0.15) is 63.9 Å². The number of nitrogens with zero attached hydrogens (tertiary/aromatic N) is 1. The Bertz CT molecular complexity index is 603. The number of hydrogen-bond donors (Lipinski definition) is 2. The van der Waals surface area contributed by atoms with Crippen LogP contribution in [0.3, 0.4) is 0 Å². The van der Waals surface area contributed by atoms with Gasteiger partial charge in [0, 0.05) is 17.9 Å². The molecule has 1 aliphatic rings. The van der Waals surface area contributed by atoms with Gasteiger partial charge in [-0.05, 0) is 36.5 Å². The van der Waals surface area contributed by atoms with Crippen molar-refractivity contribution in [1.29, 1.82) is 5.26 Å². The van der Waals surface area contributed by atoms with Gasteiger partial charge in [0.05, 0.1) is 0 Å². The molecule has 1 aromatic rings. The first-order valence-electron chi connectivity index (χ1n) is 8.87. The van der Waals surface area contributed by atoms with Crippen LogP contribution in [0.25, 0.3) is 0 Å². The summed E-state index contributed by atoms with van der Waals surface area (Å²) in [7, 11) is 0. The van der Waals surface area contributed by atoms with Gasteiger partial charge in [0.25, 0.3) is 5.91 Å². The number of hydrogen-bond acceptors (Lipinski definition) is 3. The molecule has 0 bridgehead atoms. The number of carbonyl (C=O) groups excluding carboxylic acids is 1. The smallest absolute Gasteiger partial charge is 0.267 e. The molecule has 0 radical (unpaired) electrons. The van der Waals surface area contributed by atoms with E-state index in [0.717, 1.165) is 12.8 Å². The minimum absolute atomic E-state index is 0.118. The van der Waals surface area contributed by atoms with E-state index >= 15 is 0 Å². The highest BCUT2D eigenvalue weighted by molar-refractivity contribution is 6.06. The summed E-state index contributed by atoms with van der Waals surface area (Å²) >= 11 is 0. The number of rotatable bonds is 5. The summed E-state index contributed by atoms with van der Waals surface area (Å²) < 4.78 is 0. The molecule has 2 N–H and O–H groups in total. The number of anilines is 1. The average Bonchev–Trinajstić information content (AvgIpc) is 2.84. The monoisotopic (exact) mass is 325 g/mol. The van der Waals surface area contributed by atoms with Crippen molar-refractivity contribution in [2.75, 3.05) is 5.32 Å². The van der Waals surface area contributed by atoms with E-state index < -0.39 is 0 Å². The second-order valence-electron chi connectivity index (χ2n) is 6.76.